The molecule has 1 atom stereocenters. The van der Waals surface area contributed by atoms with Gasteiger partial charge in [0.2, 0.25) is 0 Å². The zero-order chi connectivity index (χ0) is 26.0. The topological polar surface area (TPSA) is 81.6 Å². The van der Waals surface area contributed by atoms with Crippen LogP contribution in [-0.4, -0.2) is 64.3 Å². The molecular formula is C29H39N5O2S. The predicted molar refractivity (Wildman–Crippen MR) is 151 cm³/mol. The van der Waals surface area contributed by atoms with Gasteiger partial charge < -0.3 is 20.2 Å². The fourth-order valence-electron chi connectivity index (χ4n) is 6.45. The van der Waals surface area contributed by atoms with Crippen molar-refractivity contribution in [3.05, 3.63) is 42.0 Å². The van der Waals surface area contributed by atoms with Crippen molar-refractivity contribution < 1.29 is 9.90 Å². The molecule has 198 valence electrons. The van der Waals surface area contributed by atoms with E-state index in [0.717, 1.165) is 68.9 Å². The maximum absolute atomic E-state index is 12.0. The van der Waals surface area contributed by atoms with E-state index in [-0.39, 0.29) is 11.0 Å². The minimum absolute atomic E-state index is 0.0853. The number of amides is 1. The number of benzene rings is 1. The van der Waals surface area contributed by atoms with Crippen LogP contribution in [0, 0.1) is 11.3 Å². The zero-order valence-electron chi connectivity index (χ0n) is 22.2. The molecule has 0 aliphatic carbocycles. The number of thiophene rings is 1. The Labute approximate surface area is 223 Å². The van der Waals surface area contributed by atoms with Gasteiger partial charge in [-0.05, 0) is 62.1 Å². The van der Waals surface area contributed by atoms with E-state index >= 15 is 0 Å². The SMILES string of the molecule is CC(C)(C)C1(CCNCC2CCN(c3ncnc4scc(-c5ccccc5)c34)CC2)CCCN1C(=O)O. The third-order valence-electron chi connectivity index (χ3n) is 8.61. The normalized spacial score (nSPS) is 21.2. The van der Waals surface area contributed by atoms with Crippen LogP contribution in [0.25, 0.3) is 21.3 Å². The number of hydrogen-bond acceptors (Lipinski definition) is 6. The Kier molecular flexibility index (Phi) is 7.41. The summed E-state index contributed by atoms with van der Waals surface area (Å²) in [5, 5.41) is 16.9. The molecule has 0 radical (unpaired) electrons. The van der Waals surface area contributed by atoms with Crippen LogP contribution in [0.15, 0.2) is 42.0 Å². The number of carbonyl (C=O) groups is 1. The third-order valence-corrected chi connectivity index (χ3v) is 9.50. The van der Waals surface area contributed by atoms with Gasteiger partial charge in [-0.15, -0.1) is 11.3 Å². The van der Waals surface area contributed by atoms with Crippen molar-refractivity contribution in [2.75, 3.05) is 37.6 Å². The Hall–Kier alpha value is -2.71. The third kappa shape index (κ3) is 5.06. The van der Waals surface area contributed by atoms with E-state index in [0.29, 0.717) is 12.5 Å². The van der Waals surface area contributed by atoms with Crippen molar-refractivity contribution in [2.24, 2.45) is 11.3 Å². The molecule has 0 bridgehead atoms. The molecule has 0 spiro atoms. The van der Waals surface area contributed by atoms with Gasteiger partial charge in [0.25, 0.3) is 0 Å². The first-order valence-electron chi connectivity index (χ1n) is 13.5. The molecule has 2 aromatic heterocycles. The fourth-order valence-corrected chi connectivity index (χ4v) is 7.36. The number of anilines is 1. The number of fused-ring (bicyclic) bond motifs is 1. The maximum atomic E-state index is 12.0. The summed E-state index contributed by atoms with van der Waals surface area (Å²) in [5.41, 5.74) is 2.05. The van der Waals surface area contributed by atoms with Crippen LogP contribution in [-0.2, 0) is 0 Å². The summed E-state index contributed by atoms with van der Waals surface area (Å²) in [6.45, 7) is 11.0. The molecule has 37 heavy (non-hydrogen) atoms. The molecule has 8 heteroatoms. The number of likely N-dealkylation sites (tertiary alicyclic amines) is 1. The second-order valence-corrected chi connectivity index (χ2v) is 12.5. The molecule has 4 heterocycles. The molecule has 0 saturated carbocycles. The molecule has 1 amide bonds. The summed E-state index contributed by atoms with van der Waals surface area (Å²) in [6, 6.07) is 10.5. The van der Waals surface area contributed by atoms with E-state index in [1.54, 1.807) is 22.6 Å². The van der Waals surface area contributed by atoms with Crippen LogP contribution in [0.5, 0.6) is 0 Å². The molecule has 1 unspecified atom stereocenters. The van der Waals surface area contributed by atoms with Crippen molar-refractivity contribution in [1.82, 2.24) is 20.2 Å². The van der Waals surface area contributed by atoms with Gasteiger partial charge in [0.1, 0.15) is 17.0 Å². The van der Waals surface area contributed by atoms with Gasteiger partial charge in [-0.2, -0.15) is 0 Å². The highest BCUT2D eigenvalue weighted by Gasteiger charge is 2.51. The molecule has 2 aliphatic rings. The summed E-state index contributed by atoms with van der Waals surface area (Å²) in [4.78, 5) is 26.4. The van der Waals surface area contributed by atoms with E-state index in [4.69, 9.17) is 4.98 Å². The average molecular weight is 522 g/mol. The molecular weight excluding hydrogens is 482 g/mol. The Morgan fingerprint density at radius 1 is 1.16 bits per heavy atom. The van der Waals surface area contributed by atoms with Crippen LogP contribution in [0.3, 0.4) is 0 Å². The molecule has 2 saturated heterocycles. The lowest BCUT2D eigenvalue weighted by Crippen LogP contribution is -2.56. The number of nitrogens with one attached hydrogen (secondary N) is 1. The van der Waals surface area contributed by atoms with E-state index < -0.39 is 6.09 Å². The molecule has 5 rings (SSSR count). The van der Waals surface area contributed by atoms with E-state index in [9.17, 15) is 9.90 Å². The Morgan fingerprint density at radius 3 is 2.62 bits per heavy atom. The quantitative estimate of drug-likeness (QED) is 0.365. The minimum atomic E-state index is -0.778. The smallest absolute Gasteiger partial charge is 0.407 e. The fraction of sp³-hybridized carbons (Fsp3) is 0.552. The van der Waals surface area contributed by atoms with Crippen LogP contribution < -0.4 is 10.2 Å². The lowest BCUT2D eigenvalue weighted by Gasteiger charge is -2.47. The number of carboxylic acid groups (broad SMARTS) is 1. The Morgan fingerprint density at radius 2 is 1.92 bits per heavy atom. The molecule has 2 N–H and O–H groups in total. The number of rotatable bonds is 7. The van der Waals surface area contributed by atoms with Gasteiger partial charge in [0, 0.05) is 30.6 Å². The van der Waals surface area contributed by atoms with Gasteiger partial charge in [-0.1, -0.05) is 51.1 Å². The standard InChI is InChI=1S/C29H39N5O2S/c1-28(2,3)29(12-7-15-34(29)27(35)36)13-14-30-18-21-10-16-33(17-11-21)25-24-23(22-8-5-4-6-9-22)19-37-26(24)32-20-31-25/h4-6,8-9,19-21,30H,7,10-18H2,1-3H3,(H,35,36). The molecule has 7 nitrogen and oxygen atoms in total. The van der Waals surface area contributed by atoms with Crippen molar-refractivity contribution >= 4 is 33.5 Å². The van der Waals surface area contributed by atoms with Gasteiger partial charge in [-0.25, -0.2) is 14.8 Å². The van der Waals surface area contributed by atoms with Crippen LogP contribution in [0.2, 0.25) is 0 Å². The van der Waals surface area contributed by atoms with Gasteiger partial charge in [-0.3, -0.25) is 0 Å². The van der Waals surface area contributed by atoms with Crippen molar-refractivity contribution in [3.8, 4) is 11.1 Å². The molecule has 2 aliphatic heterocycles. The summed E-state index contributed by atoms with van der Waals surface area (Å²) < 4.78 is 0. The first-order valence-corrected chi connectivity index (χ1v) is 14.4. The maximum Gasteiger partial charge on any atom is 0.407 e. The first kappa shape index (κ1) is 25.9. The van der Waals surface area contributed by atoms with Crippen LogP contribution in [0.1, 0.15) is 52.9 Å². The number of nitrogens with zero attached hydrogens (tertiary/aromatic N) is 4. The van der Waals surface area contributed by atoms with Gasteiger partial charge >= 0.3 is 6.09 Å². The Bertz CT molecular complexity index is 1220. The van der Waals surface area contributed by atoms with Gasteiger partial charge in [0.15, 0.2) is 0 Å². The molecule has 2 fully saturated rings. The summed E-state index contributed by atoms with van der Waals surface area (Å²) in [7, 11) is 0. The molecule has 3 aromatic rings. The van der Waals surface area contributed by atoms with E-state index in [2.05, 4.69) is 65.6 Å². The van der Waals surface area contributed by atoms with E-state index in [1.165, 1.54) is 16.5 Å². The summed E-state index contributed by atoms with van der Waals surface area (Å²) in [5.74, 6) is 1.67. The van der Waals surface area contributed by atoms with Crippen molar-refractivity contribution in [1.29, 1.82) is 0 Å². The zero-order valence-corrected chi connectivity index (χ0v) is 23.1. The lowest BCUT2D eigenvalue weighted by atomic mass is 9.70. The minimum Gasteiger partial charge on any atom is -0.465 e. The molecule has 1 aromatic carbocycles. The first-order chi connectivity index (χ1) is 17.8. The van der Waals surface area contributed by atoms with Crippen LogP contribution >= 0.6 is 11.3 Å². The van der Waals surface area contributed by atoms with E-state index in [1.807, 2.05) is 6.07 Å². The lowest BCUT2D eigenvalue weighted by molar-refractivity contribution is 0.0243. The summed E-state index contributed by atoms with van der Waals surface area (Å²) in [6.07, 6.45) is 5.92. The highest BCUT2D eigenvalue weighted by Crippen LogP contribution is 2.46. The number of aromatic nitrogens is 2. The highest BCUT2D eigenvalue weighted by molar-refractivity contribution is 7.17. The predicted octanol–water partition coefficient (Wildman–Crippen LogP) is 6.11. The number of hydrogen-bond donors (Lipinski definition) is 2. The number of piperidine rings is 1. The van der Waals surface area contributed by atoms with Crippen molar-refractivity contribution in [2.45, 2.75) is 58.4 Å². The Balaban J connectivity index is 1.19. The average Bonchev–Trinajstić information content (AvgIpc) is 3.53. The summed E-state index contributed by atoms with van der Waals surface area (Å²) >= 11 is 1.69. The van der Waals surface area contributed by atoms with Crippen LogP contribution in [0.4, 0.5) is 10.6 Å². The van der Waals surface area contributed by atoms with Gasteiger partial charge in [0.05, 0.1) is 10.9 Å². The highest BCUT2D eigenvalue weighted by atomic mass is 32.1. The monoisotopic (exact) mass is 521 g/mol. The second-order valence-electron chi connectivity index (χ2n) is 11.6. The second kappa shape index (κ2) is 10.6. The largest absolute Gasteiger partial charge is 0.465 e. The van der Waals surface area contributed by atoms with Crippen molar-refractivity contribution in [3.63, 3.8) is 0 Å².